The lowest BCUT2D eigenvalue weighted by atomic mass is 10.1. The molecule has 0 saturated heterocycles. The first kappa shape index (κ1) is 10.6. The SMILES string of the molecule is O=Cc1cc(CBr)c2sccc2c1I. The van der Waals surface area contributed by atoms with Gasteiger partial charge in [0.25, 0.3) is 0 Å². The van der Waals surface area contributed by atoms with Crippen LogP contribution in [0.3, 0.4) is 0 Å². The Balaban J connectivity index is 2.86. The van der Waals surface area contributed by atoms with Crippen molar-refractivity contribution in [2.75, 3.05) is 0 Å². The van der Waals surface area contributed by atoms with Gasteiger partial charge in [0.1, 0.15) is 0 Å². The summed E-state index contributed by atoms with van der Waals surface area (Å²) < 4.78 is 2.33. The number of benzene rings is 1. The highest BCUT2D eigenvalue weighted by atomic mass is 127. The van der Waals surface area contributed by atoms with E-state index in [4.69, 9.17) is 0 Å². The Hall–Kier alpha value is 0.0600. The molecule has 1 aromatic carbocycles. The Morgan fingerprint density at radius 1 is 1.57 bits per heavy atom. The average Bonchev–Trinajstić information content (AvgIpc) is 2.68. The van der Waals surface area contributed by atoms with Crippen molar-refractivity contribution in [2.45, 2.75) is 5.33 Å². The largest absolute Gasteiger partial charge is 0.298 e. The quantitative estimate of drug-likeness (QED) is 0.433. The Morgan fingerprint density at radius 3 is 3.00 bits per heavy atom. The fraction of sp³-hybridized carbons (Fsp3) is 0.100. The summed E-state index contributed by atoms with van der Waals surface area (Å²) in [6, 6.07) is 4.03. The first-order valence-electron chi connectivity index (χ1n) is 3.97. The lowest BCUT2D eigenvalue weighted by molar-refractivity contribution is 0.112. The van der Waals surface area contributed by atoms with E-state index >= 15 is 0 Å². The highest BCUT2D eigenvalue weighted by molar-refractivity contribution is 14.1. The van der Waals surface area contributed by atoms with Crippen molar-refractivity contribution in [3.05, 3.63) is 32.2 Å². The van der Waals surface area contributed by atoms with Gasteiger partial charge in [-0.15, -0.1) is 11.3 Å². The molecule has 4 heteroatoms. The lowest BCUT2D eigenvalue weighted by Gasteiger charge is -2.03. The number of fused-ring (bicyclic) bond motifs is 1. The molecule has 0 fully saturated rings. The maximum atomic E-state index is 10.8. The van der Waals surface area contributed by atoms with E-state index in [0.717, 1.165) is 20.7 Å². The normalized spacial score (nSPS) is 10.7. The van der Waals surface area contributed by atoms with E-state index in [9.17, 15) is 4.79 Å². The van der Waals surface area contributed by atoms with E-state index in [1.54, 1.807) is 11.3 Å². The Kier molecular flexibility index (Phi) is 3.23. The van der Waals surface area contributed by atoms with Crippen LogP contribution < -0.4 is 0 Å². The van der Waals surface area contributed by atoms with Crippen LogP contribution in [0, 0.1) is 3.57 Å². The third-order valence-corrected chi connectivity index (χ3v) is 4.85. The molecule has 0 aliphatic heterocycles. The van der Waals surface area contributed by atoms with E-state index in [1.807, 2.05) is 6.07 Å². The van der Waals surface area contributed by atoms with E-state index in [2.05, 4.69) is 50.0 Å². The first-order valence-corrected chi connectivity index (χ1v) is 7.05. The second-order valence-corrected chi connectivity index (χ2v) is 5.41. The number of halogens is 2. The van der Waals surface area contributed by atoms with Crippen LogP contribution in [0.25, 0.3) is 10.1 Å². The monoisotopic (exact) mass is 380 g/mol. The van der Waals surface area contributed by atoms with Crippen LogP contribution in [0.15, 0.2) is 17.5 Å². The molecular formula is C10H6BrIOS. The number of carbonyl (C=O) groups is 1. The topological polar surface area (TPSA) is 17.1 Å². The second kappa shape index (κ2) is 4.28. The second-order valence-electron chi connectivity index (χ2n) is 2.85. The molecule has 0 aliphatic carbocycles. The van der Waals surface area contributed by atoms with Gasteiger partial charge in [-0.1, -0.05) is 15.9 Å². The van der Waals surface area contributed by atoms with Crippen molar-refractivity contribution in [3.8, 4) is 0 Å². The average molecular weight is 381 g/mol. The zero-order valence-electron chi connectivity index (χ0n) is 7.09. The van der Waals surface area contributed by atoms with Gasteiger partial charge in [-0.25, -0.2) is 0 Å². The summed E-state index contributed by atoms with van der Waals surface area (Å²) in [5.41, 5.74) is 1.98. The minimum absolute atomic E-state index is 0.783. The molecule has 2 aromatic rings. The predicted molar refractivity (Wildman–Crippen MR) is 72.6 cm³/mol. The molecule has 0 radical (unpaired) electrons. The van der Waals surface area contributed by atoms with E-state index in [0.29, 0.717) is 0 Å². The van der Waals surface area contributed by atoms with Gasteiger partial charge in [-0.2, -0.15) is 0 Å². The number of alkyl halides is 1. The van der Waals surface area contributed by atoms with Crippen LogP contribution in [-0.4, -0.2) is 6.29 Å². The van der Waals surface area contributed by atoms with Gasteiger partial charge in [0, 0.05) is 24.5 Å². The summed E-state index contributed by atoms with van der Waals surface area (Å²) in [4.78, 5) is 10.8. The summed E-state index contributed by atoms with van der Waals surface area (Å²) >= 11 is 7.39. The number of thiophene rings is 1. The van der Waals surface area contributed by atoms with Crippen LogP contribution in [0.1, 0.15) is 15.9 Å². The summed E-state index contributed by atoms with van der Waals surface area (Å²) in [6.45, 7) is 0. The van der Waals surface area contributed by atoms with Crippen molar-refractivity contribution >= 4 is 66.2 Å². The van der Waals surface area contributed by atoms with Gasteiger partial charge in [-0.3, -0.25) is 4.79 Å². The molecule has 0 amide bonds. The Labute approximate surface area is 108 Å². The Morgan fingerprint density at radius 2 is 2.36 bits per heavy atom. The number of hydrogen-bond acceptors (Lipinski definition) is 2. The summed E-state index contributed by atoms with van der Waals surface area (Å²) in [7, 11) is 0. The summed E-state index contributed by atoms with van der Waals surface area (Å²) in [5, 5.41) is 4.05. The minimum Gasteiger partial charge on any atom is -0.298 e. The minimum atomic E-state index is 0.783. The molecule has 0 N–H and O–H groups in total. The van der Waals surface area contributed by atoms with Gasteiger partial charge < -0.3 is 0 Å². The van der Waals surface area contributed by atoms with Crippen molar-refractivity contribution in [3.63, 3.8) is 0 Å². The molecule has 0 aliphatic rings. The zero-order chi connectivity index (χ0) is 10.1. The van der Waals surface area contributed by atoms with E-state index in [1.165, 1.54) is 15.6 Å². The fourth-order valence-corrected chi connectivity index (χ4v) is 3.85. The molecule has 1 nitrogen and oxygen atoms in total. The third kappa shape index (κ3) is 1.63. The molecule has 0 saturated carbocycles. The highest BCUT2D eigenvalue weighted by Gasteiger charge is 2.09. The van der Waals surface area contributed by atoms with Crippen molar-refractivity contribution in [2.24, 2.45) is 0 Å². The molecule has 0 unspecified atom stereocenters. The molecular weight excluding hydrogens is 375 g/mol. The standard InChI is InChI=1S/C10H6BrIOS/c11-4-6-3-7(5-13)9(12)8-1-2-14-10(6)8/h1-3,5H,4H2. The molecule has 72 valence electrons. The Bertz CT molecular complexity index is 492. The van der Waals surface area contributed by atoms with Gasteiger partial charge in [0.05, 0.1) is 0 Å². The number of aldehydes is 1. The van der Waals surface area contributed by atoms with Crippen LogP contribution in [-0.2, 0) is 5.33 Å². The molecule has 1 aromatic heterocycles. The predicted octanol–water partition coefficient (Wildman–Crippen LogP) is 4.21. The van der Waals surface area contributed by atoms with Gasteiger partial charge in [0.2, 0.25) is 0 Å². The molecule has 0 bridgehead atoms. The van der Waals surface area contributed by atoms with E-state index in [-0.39, 0.29) is 0 Å². The molecule has 0 atom stereocenters. The third-order valence-electron chi connectivity index (χ3n) is 2.05. The van der Waals surface area contributed by atoms with Crippen LogP contribution >= 0.6 is 49.9 Å². The zero-order valence-corrected chi connectivity index (χ0v) is 11.6. The maximum Gasteiger partial charge on any atom is 0.151 e. The number of rotatable bonds is 2. The van der Waals surface area contributed by atoms with Crippen LogP contribution in [0.4, 0.5) is 0 Å². The van der Waals surface area contributed by atoms with Crippen molar-refractivity contribution in [1.29, 1.82) is 0 Å². The molecule has 14 heavy (non-hydrogen) atoms. The van der Waals surface area contributed by atoms with Gasteiger partial charge in [-0.05, 0) is 45.7 Å². The van der Waals surface area contributed by atoms with Gasteiger partial charge in [0.15, 0.2) is 6.29 Å². The van der Waals surface area contributed by atoms with E-state index < -0.39 is 0 Å². The van der Waals surface area contributed by atoms with Gasteiger partial charge >= 0.3 is 0 Å². The number of hydrogen-bond donors (Lipinski definition) is 0. The van der Waals surface area contributed by atoms with Crippen LogP contribution in [0.2, 0.25) is 0 Å². The smallest absolute Gasteiger partial charge is 0.151 e. The lowest BCUT2D eigenvalue weighted by Crippen LogP contribution is -1.90. The fourth-order valence-electron chi connectivity index (χ4n) is 1.39. The van der Waals surface area contributed by atoms with Crippen LogP contribution in [0.5, 0.6) is 0 Å². The van der Waals surface area contributed by atoms with Crippen molar-refractivity contribution < 1.29 is 4.79 Å². The summed E-state index contributed by atoms with van der Waals surface area (Å²) in [6.07, 6.45) is 0.922. The van der Waals surface area contributed by atoms with Crippen molar-refractivity contribution in [1.82, 2.24) is 0 Å². The molecule has 1 heterocycles. The molecule has 2 rings (SSSR count). The molecule has 0 spiro atoms. The maximum absolute atomic E-state index is 10.8. The first-order chi connectivity index (χ1) is 6.77. The summed E-state index contributed by atoms with van der Waals surface area (Å²) in [5.74, 6) is 0. The highest BCUT2D eigenvalue weighted by Crippen LogP contribution is 2.32. The number of carbonyl (C=O) groups excluding carboxylic acids is 1.